The fourth-order valence-corrected chi connectivity index (χ4v) is 3.49. The van der Waals surface area contributed by atoms with E-state index in [1.165, 1.54) is 18.2 Å². The topological polar surface area (TPSA) is 117 Å². The van der Waals surface area contributed by atoms with Gasteiger partial charge < -0.3 is 14.4 Å². The number of hydrogen-bond donors (Lipinski definition) is 1. The van der Waals surface area contributed by atoms with Gasteiger partial charge in [0.05, 0.1) is 11.1 Å². The van der Waals surface area contributed by atoms with Crippen LogP contribution >= 0.6 is 0 Å². The number of ether oxygens (including phenoxy) is 1. The number of carboxylic acid groups (broad SMARTS) is 1. The van der Waals surface area contributed by atoms with E-state index in [0.29, 0.717) is 26.2 Å². The molecule has 0 saturated carbocycles. The molecule has 2 aromatic heterocycles. The second kappa shape index (κ2) is 8.21. The zero-order valence-corrected chi connectivity index (χ0v) is 17.7. The van der Waals surface area contributed by atoms with Gasteiger partial charge in [0, 0.05) is 18.7 Å². The molecule has 176 valence electrons. The molecule has 0 unspecified atom stereocenters. The largest absolute Gasteiger partial charge is 0.481 e. The van der Waals surface area contributed by atoms with Crippen molar-refractivity contribution in [2.75, 3.05) is 6.61 Å². The standard InChI is InChI=1S/C22H16F3N3O6/c1-11-3-5-15(33-10-19(30)31)13(7-11)20-14-8-12(4-6-16(14)34-26-20)28-18(29)9-17(22(23,24)25)27(2)21(28)32/h3-9H,10H2,1-2H3,(H,30,31). The summed E-state index contributed by atoms with van der Waals surface area (Å²) in [6.07, 6.45) is -4.88. The van der Waals surface area contributed by atoms with E-state index in [2.05, 4.69) is 5.16 Å². The Morgan fingerprint density at radius 2 is 1.88 bits per heavy atom. The third-order valence-electron chi connectivity index (χ3n) is 5.06. The zero-order chi connectivity index (χ0) is 24.8. The van der Waals surface area contributed by atoms with Gasteiger partial charge in [-0.25, -0.2) is 14.2 Å². The van der Waals surface area contributed by atoms with Crippen LogP contribution in [0.3, 0.4) is 0 Å². The van der Waals surface area contributed by atoms with E-state index in [4.69, 9.17) is 14.4 Å². The number of fused-ring (bicyclic) bond motifs is 1. The summed E-state index contributed by atoms with van der Waals surface area (Å²) in [5, 5.41) is 13.3. The molecule has 4 rings (SSSR count). The van der Waals surface area contributed by atoms with E-state index < -0.39 is 35.7 Å². The minimum Gasteiger partial charge on any atom is -0.481 e. The first-order valence-electron chi connectivity index (χ1n) is 9.73. The van der Waals surface area contributed by atoms with Crippen LogP contribution in [-0.4, -0.2) is 32.0 Å². The van der Waals surface area contributed by atoms with Gasteiger partial charge in [-0.15, -0.1) is 0 Å². The lowest BCUT2D eigenvalue weighted by Crippen LogP contribution is -2.40. The quantitative estimate of drug-likeness (QED) is 0.471. The van der Waals surface area contributed by atoms with Crippen molar-refractivity contribution in [1.82, 2.24) is 14.3 Å². The molecule has 0 bridgehead atoms. The Kier molecular flexibility index (Phi) is 5.51. The molecule has 1 N–H and O–H groups in total. The Morgan fingerprint density at radius 1 is 1.15 bits per heavy atom. The summed E-state index contributed by atoms with van der Waals surface area (Å²) in [5.41, 5.74) is -2.02. The van der Waals surface area contributed by atoms with Gasteiger partial charge in [0.15, 0.2) is 12.2 Å². The number of aliphatic carboxylic acids is 1. The van der Waals surface area contributed by atoms with Gasteiger partial charge in [-0.3, -0.25) is 9.36 Å². The predicted octanol–water partition coefficient (Wildman–Crippen LogP) is 3.14. The van der Waals surface area contributed by atoms with Crippen LogP contribution in [0, 0.1) is 6.92 Å². The van der Waals surface area contributed by atoms with E-state index in [9.17, 15) is 27.6 Å². The molecular weight excluding hydrogens is 459 g/mol. The zero-order valence-electron chi connectivity index (χ0n) is 17.7. The van der Waals surface area contributed by atoms with Crippen LogP contribution < -0.4 is 16.0 Å². The van der Waals surface area contributed by atoms with Gasteiger partial charge in [0.1, 0.15) is 17.1 Å². The number of aromatic nitrogens is 3. The first kappa shape index (κ1) is 22.8. The molecular formula is C22H16F3N3O6. The SMILES string of the molecule is Cc1ccc(OCC(=O)O)c(-c2noc3ccc(-n4c(=O)cc(C(F)(F)F)n(C)c4=O)cc23)c1. The lowest BCUT2D eigenvalue weighted by Gasteiger charge is -2.14. The van der Waals surface area contributed by atoms with Crippen molar-refractivity contribution in [2.45, 2.75) is 13.1 Å². The minimum atomic E-state index is -4.88. The molecule has 9 nitrogen and oxygen atoms in total. The summed E-state index contributed by atoms with van der Waals surface area (Å²) in [6, 6.07) is 9.43. The van der Waals surface area contributed by atoms with E-state index >= 15 is 0 Å². The second-order valence-corrected chi connectivity index (χ2v) is 7.44. The molecule has 0 saturated heterocycles. The number of aryl methyl sites for hydroxylation is 1. The normalized spacial score (nSPS) is 11.7. The van der Waals surface area contributed by atoms with E-state index in [1.807, 2.05) is 0 Å². The van der Waals surface area contributed by atoms with Crippen molar-refractivity contribution in [2.24, 2.45) is 7.05 Å². The first-order chi connectivity index (χ1) is 16.0. The Bertz CT molecular complexity index is 1550. The second-order valence-electron chi connectivity index (χ2n) is 7.44. The molecule has 0 amide bonds. The number of nitrogens with zero attached hydrogens (tertiary/aromatic N) is 3. The van der Waals surface area contributed by atoms with E-state index in [0.717, 1.165) is 12.6 Å². The average molecular weight is 475 g/mol. The maximum Gasteiger partial charge on any atom is 0.431 e. The number of alkyl halides is 3. The predicted molar refractivity (Wildman–Crippen MR) is 113 cm³/mol. The molecule has 12 heteroatoms. The van der Waals surface area contributed by atoms with E-state index in [1.54, 1.807) is 25.1 Å². The highest BCUT2D eigenvalue weighted by molar-refractivity contribution is 5.94. The summed E-state index contributed by atoms with van der Waals surface area (Å²) < 4.78 is 51.1. The van der Waals surface area contributed by atoms with Crippen LogP contribution in [0.1, 0.15) is 11.3 Å². The highest BCUT2D eigenvalue weighted by atomic mass is 19.4. The van der Waals surface area contributed by atoms with Crippen LogP contribution in [0.4, 0.5) is 13.2 Å². The Labute approximate surface area is 188 Å². The number of hydrogen-bond acceptors (Lipinski definition) is 6. The van der Waals surface area contributed by atoms with Crippen molar-refractivity contribution in [3.8, 4) is 22.7 Å². The fourth-order valence-electron chi connectivity index (χ4n) is 3.49. The Balaban J connectivity index is 1.91. The maximum atomic E-state index is 13.2. The van der Waals surface area contributed by atoms with Gasteiger partial charge in [-0.1, -0.05) is 16.8 Å². The molecule has 2 heterocycles. The van der Waals surface area contributed by atoms with Gasteiger partial charge in [0.2, 0.25) is 0 Å². The molecule has 0 aliphatic carbocycles. The molecule has 0 aliphatic heterocycles. The van der Waals surface area contributed by atoms with Crippen molar-refractivity contribution in [1.29, 1.82) is 0 Å². The summed E-state index contributed by atoms with van der Waals surface area (Å²) in [4.78, 5) is 36.1. The lowest BCUT2D eigenvalue weighted by molar-refractivity contribution is -0.144. The molecule has 2 aromatic carbocycles. The molecule has 0 spiro atoms. The Hall–Kier alpha value is -4.35. The maximum absolute atomic E-state index is 13.2. The van der Waals surface area contributed by atoms with Crippen molar-refractivity contribution < 1.29 is 32.3 Å². The van der Waals surface area contributed by atoms with Crippen molar-refractivity contribution in [3.05, 3.63) is 74.6 Å². The average Bonchev–Trinajstić information content (AvgIpc) is 3.17. The summed E-state index contributed by atoms with van der Waals surface area (Å²) >= 11 is 0. The third kappa shape index (κ3) is 4.05. The van der Waals surface area contributed by atoms with Crippen LogP contribution in [0.25, 0.3) is 27.9 Å². The molecule has 0 aliphatic rings. The number of carboxylic acids is 1. The summed E-state index contributed by atoms with van der Waals surface area (Å²) in [6.45, 7) is 1.19. The smallest absolute Gasteiger partial charge is 0.431 e. The van der Waals surface area contributed by atoms with Crippen molar-refractivity contribution in [3.63, 3.8) is 0 Å². The van der Waals surface area contributed by atoms with Crippen LogP contribution in [0.5, 0.6) is 5.75 Å². The summed E-state index contributed by atoms with van der Waals surface area (Å²) in [5.74, 6) is -0.979. The minimum absolute atomic E-state index is 0.00284. The number of rotatable bonds is 5. The van der Waals surface area contributed by atoms with Gasteiger partial charge in [0.25, 0.3) is 5.56 Å². The van der Waals surface area contributed by atoms with E-state index in [-0.39, 0.29) is 22.7 Å². The number of benzene rings is 2. The van der Waals surface area contributed by atoms with Gasteiger partial charge >= 0.3 is 17.8 Å². The van der Waals surface area contributed by atoms with Crippen molar-refractivity contribution >= 4 is 16.9 Å². The highest BCUT2D eigenvalue weighted by Gasteiger charge is 2.35. The van der Waals surface area contributed by atoms with Crippen LogP contribution in [0.15, 0.2) is 56.6 Å². The van der Waals surface area contributed by atoms with Gasteiger partial charge in [-0.2, -0.15) is 13.2 Å². The third-order valence-corrected chi connectivity index (χ3v) is 5.06. The number of carbonyl (C=O) groups is 1. The Morgan fingerprint density at radius 3 is 2.56 bits per heavy atom. The first-order valence-corrected chi connectivity index (χ1v) is 9.73. The highest BCUT2D eigenvalue weighted by Crippen LogP contribution is 2.36. The van der Waals surface area contributed by atoms with Crippen LogP contribution in [-0.2, 0) is 18.0 Å². The van der Waals surface area contributed by atoms with Crippen LogP contribution in [0.2, 0.25) is 0 Å². The molecule has 34 heavy (non-hydrogen) atoms. The summed E-state index contributed by atoms with van der Waals surface area (Å²) in [7, 11) is 0.920. The molecule has 0 fully saturated rings. The number of halogens is 3. The molecule has 0 radical (unpaired) electrons. The monoisotopic (exact) mass is 475 g/mol. The van der Waals surface area contributed by atoms with Gasteiger partial charge in [-0.05, 0) is 37.3 Å². The fraction of sp³-hybridized carbons (Fsp3) is 0.182. The lowest BCUT2D eigenvalue weighted by atomic mass is 10.0. The molecule has 4 aromatic rings. The molecule has 0 atom stereocenters.